The number of Topliss-reactive ketones (excluding diaryl/α,β-unsaturated/α-hetero) is 1. The maximum Gasteiger partial charge on any atom is 0.348 e. The molecule has 0 atom stereocenters. The fourth-order valence-corrected chi connectivity index (χ4v) is 1.75. The van der Waals surface area contributed by atoms with Crippen LogP contribution in [0.3, 0.4) is 0 Å². The van der Waals surface area contributed by atoms with Crippen LogP contribution in [-0.2, 0) is 6.54 Å². The first kappa shape index (κ1) is 13.9. The predicted octanol–water partition coefficient (Wildman–Crippen LogP) is 1.69. The van der Waals surface area contributed by atoms with Gasteiger partial charge in [-0.3, -0.25) is 19.5 Å². The van der Waals surface area contributed by atoms with E-state index in [1.807, 2.05) is 0 Å². The fraction of sp³-hybridized carbons (Fsp3) is 0.0833. The zero-order chi connectivity index (χ0) is 14.7. The molecule has 0 radical (unpaired) electrons. The van der Waals surface area contributed by atoms with Crippen molar-refractivity contribution in [1.29, 1.82) is 0 Å². The Morgan fingerprint density at radius 2 is 2.20 bits per heavy atom. The first-order chi connectivity index (χ1) is 9.47. The summed E-state index contributed by atoms with van der Waals surface area (Å²) >= 11 is 5.77. The van der Waals surface area contributed by atoms with Crippen LogP contribution in [0.2, 0.25) is 5.02 Å². The van der Waals surface area contributed by atoms with Crippen LogP contribution in [0.5, 0.6) is 0 Å². The van der Waals surface area contributed by atoms with Crippen molar-refractivity contribution in [2.24, 2.45) is 0 Å². The van der Waals surface area contributed by atoms with E-state index in [-0.39, 0.29) is 12.2 Å². The zero-order valence-corrected chi connectivity index (χ0v) is 10.8. The Kier molecular flexibility index (Phi) is 3.90. The van der Waals surface area contributed by atoms with Crippen LogP contribution in [0.25, 0.3) is 0 Å². The molecule has 102 valence electrons. The maximum atomic E-state index is 12.0. The van der Waals surface area contributed by atoms with Crippen LogP contribution >= 0.6 is 11.6 Å². The van der Waals surface area contributed by atoms with Gasteiger partial charge < -0.3 is 0 Å². The third-order valence-electron chi connectivity index (χ3n) is 2.51. The van der Waals surface area contributed by atoms with E-state index in [0.717, 1.165) is 17.0 Å². The number of hydrogen-bond acceptors (Lipinski definition) is 5. The van der Waals surface area contributed by atoms with Gasteiger partial charge in [-0.05, 0) is 12.1 Å². The van der Waals surface area contributed by atoms with E-state index < -0.39 is 16.4 Å². The van der Waals surface area contributed by atoms with Gasteiger partial charge in [0.05, 0.1) is 17.7 Å². The van der Waals surface area contributed by atoms with Crippen molar-refractivity contribution in [3.63, 3.8) is 0 Å². The number of rotatable bonds is 4. The van der Waals surface area contributed by atoms with E-state index in [0.29, 0.717) is 10.6 Å². The Balaban J connectivity index is 2.30. The van der Waals surface area contributed by atoms with Gasteiger partial charge in [0.1, 0.15) is 6.20 Å². The maximum absolute atomic E-state index is 12.0. The summed E-state index contributed by atoms with van der Waals surface area (Å²) in [5.74, 6) is -0.392. The lowest BCUT2D eigenvalue weighted by Crippen LogP contribution is -2.26. The Hall–Kier alpha value is -2.54. The van der Waals surface area contributed by atoms with E-state index in [4.69, 9.17) is 11.6 Å². The van der Waals surface area contributed by atoms with E-state index in [1.54, 1.807) is 18.2 Å². The monoisotopic (exact) mass is 293 g/mol. The molecular formula is C12H8ClN3O4. The number of benzene rings is 1. The van der Waals surface area contributed by atoms with Crippen LogP contribution in [0, 0.1) is 10.1 Å². The molecule has 20 heavy (non-hydrogen) atoms. The Labute approximate surface area is 117 Å². The lowest BCUT2D eigenvalue weighted by molar-refractivity contribution is -0.385. The smallest absolute Gasteiger partial charge is 0.292 e. The molecule has 0 aliphatic carbocycles. The van der Waals surface area contributed by atoms with Gasteiger partial charge in [-0.2, -0.15) is 4.98 Å². The minimum atomic E-state index is -0.731. The molecule has 2 rings (SSSR count). The molecule has 0 bridgehead atoms. The fourth-order valence-electron chi connectivity index (χ4n) is 1.56. The molecule has 0 aliphatic rings. The number of nitrogens with zero attached hydrogens (tertiary/aromatic N) is 3. The van der Waals surface area contributed by atoms with Crippen LogP contribution in [0.1, 0.15) is 10.4 Å². The number of nitro groups is 1. The molecule has 2 aromatic rings. The molecule has 0 aliphatic heterocycles. The van der Waals surface area contributed by atoms with E-state index in [2.05, 4.69) is 4.98 Å². The lowest BCUT2D eigenvalue weighted by Gasteiger charge is -2.04. The minimum absolute atomic E-state index is 0.316. The van der Waals surface area contributed by atoms with Crippen molar-refractivity contribution in [3.8, 4) is 0 Å². The van der Waals surface area contributed by atoms with Crippen LogP contribution < -0.4 is 5.69 Å². The number of carbonyl (C=O) groups is 1. The Bertz CT molecular complexity index is 741. The first-order valence-corrected chi connectivity index (χ1v) is 5.85. The molecule has 7 nitrogen and oxygen atoms in total. The van der Waals surface area contributed by atoms with Crippen molar-refractivity contribution in [2.75, 3.05) is 0 Å². The Morgan fingerprint density at radius 1 is 1.45 bits per heavy atom. The van der Waals surface area contributed by atoms with Gasteiger partial charge in [0.25, 0.3) is 0 Å². The summed E-state index contributed by atoms with van der Waals surface area (Å²) in [5, 5.41) is 11.0. The molecule has 1 aromatic heterocycles. The normalized spacial score (nSPS) is 10.2. The zero-order valence-electron chi connectivity index (χ0n) is 10.0. The molecule has 1 aromatic carbocycles. The van der Waals surface area contributed by atoms with Gasteiger partial charge in [0.2, 0.25) is 0 Å². The third kappa shape index (κ3) is 3.07. The summed E-state index contributed by atoms with van der Waals surface area (Å²) in [5.41, 5.74) is -0.773. The molecule has 1 heterocycles. The first-order valence-electron chi connectivity index (χ1n) is 5.47. The predicted molar refractivity (Wildman–Crippen MR) is 70.9 cm³/mol. The van der Waals surface area contributed by atoms with Crippen molar-refractivity contribution in [1.82, 2.24) is 9.55 Å². The quantitative estimate of drug-likeness (QED) is 0.485. The second-order valence-corrected chi connectivity index (χ2v) is 4.35. The van der Waals surface area contributed by atoms with Crippen molar-refractivity contribution < 1.29 is 9.72 Å². The minimum Gasteiger partial charge on any atom is -0.292 e. The molecule has 0 unspecified atom stereocenters. The highest BCUT2D eigenvalue weighted by Crippen LogP contribution is 2.12. The standard InChI is InChI=1S/C12H8ClN3O4/c13-9-3-1-2-8(4-9)11(17)7-15-6-10(16(19)20)5-14-12(15)18/h1-6H,7H2. The summed E-state index contributed by atoms with van der Waals surface area (Å²) in [6.07, 6.45) is 1.83. The van der Waals surface area contributed by atoms with Gasteiger partial charge >= 0.3 is 11.4 Å². The molecule has 0 saturated heterocycles. The summed E-state index contributed by atoms with van der Waals surface area (Å²) in [4.78, 5) is 36.7. The molecule has 0 amide bonds. The molecule has 8 heteroatoms. The SMILES string of the molecule is O=C(Cn1cc([N+](=O)[O-])cnc1=O)c1cccc(Cl)c1. The third-order valence-corrected chi connectivity index (χ3v) is 2.75. The highest BCUT2D eigenvalue weighted by atomic mass is 35.5. The topological polar surface area (TPSA) is 95.1 Å². The number of carbonyl (C=O) groups excluding carboxylic acids is 1. The van der Waals surface area contributed by atoms with Gasteiger partial charge in [-0.1, -0.05) is 23.7 Å². The Morgan fingerprint density at radius 3 is 2.85 bits per heavy atom. The van der Waals surface area contributed by atoms with Gasteiger partial charge in [-0.25, -0.2) is 4.79 Å². The average Bonchev–Trinajstić information content (AvgIpc) is 2.41. The highest BCUT2D eigenvalue weighted by molar-refractivity contribution is 6.31. The van der Waals surface area contributed by atoms with Crippen molar-refractivity contribution >= 4 is 23.1 Å². The van der Waals surface area contributed by atoms with Crippen molar-refractivity contribution in [3.05, 3.63) is 67.8 Å². The van der Waals surface area contributed by atoms with Gasteiger partial charge in [-0.15, -0.1) is 0 Å². The van der Waals surface area contributed by atoms with Crippen LogP contribution in [0.15, 0.2) is 41.5 Å². The average molecular weight is 294 g/mol. The number of halogens is 1. The van der Waals surface area contributed by atoms with Gasteiger partial charge in [0.15, 0.2) is 5.78 Å². The number of ketones is 1. The van der Waals surface area contributed by atoms with Crippen molar-refractivity contribution in [2.45, 2.75) is 6.54 Å². The number of hydrogen-bond donors (Lipinski definition) is 0. The molecule has 0 saturated carbocycles. The molecule has 0 N–H and O–H groups in total. The summed E-state index contributed by atoms with van der Waals surface area (Å²) < 4.78 is 0.890. The van der Waals surface area contributed by atoms with Gasteiger partial charge in [0, 0.05) is 10.6 Å². The van der Waals surface area contributed by atoms with E-state index in [1.165, 1.54) is 6.07 Å². The van der Waals surface area contributed by atoms with Crippen LogP contribution in [0.4, 0.5) is 5.69 Å². The summed E-state index contributed by atoms with van der Waals surface area (Å²) in [6.45, 7) is -0.339. The second-order valence-electron chi connectivity index (χ2n) is 3.91. The van der Waals surface area contributed by atoms with E-state index in [9.17, 15) is 19.7 Å². The summed E-state index contributed by atoms with van der Waals surface area (Å²) in [6, 6.07) is 6.22. The lowest BCUT2D eigenvalue weighted by atomic mass is 10.1. The number of aromatic nitrogens is 2. The molecule has 0 spiro atoms. The molecular weight excluding hydrogens is 286 g/mol. The highest BCUT2D eigenvalue weighted by Gasteiger charge is 2.13. The largest absolute Gasteiger partial charge is 0.348 e. The van der Waals surface area contributed by atoms with E-state index >= 15 is 0 Å². The van der Waals surface area contributed by atoms with Crippen LogP contribution in [-0.4, -0.2) is 20.3 Å². The molecule has 0 fully saturated rings. The summed E-state index contributed by atoms with van der Waals surface area (Å²) in [7, 11) is 0. The second kappa shape index (κ2) is 5.62.